The Kier molecular flexibility index (Phi) is 7.05. The van der Waals surface area contributed by atoms with Gasteiger partial charge in [0.2, 0.25) is 0 Å². The van der Waals surface area contributed by atoms with E-state index in [1.54, 1.807) is 11.3 Å². The first kappa shape index (κ1) is 19.3. The SMILES string of the molecule is CN=C(NCCc1sc(C)nc1C)NCC(c1cccs1)N1CCCC1. The fraction of sp³-hybridized carbons (Fsp3) is 0.579. The molecule has 26 heavy (non-hydrogen) atoms. The fourth-order valence-corrected chi connectivity index (χ4v) is 5.26. The van der Waals surface area contributed by atoms with Crippen LogP contribution in [0.15, 0.2) is 22.5 Å². The van der Waals surface area contributed by atoms with Crippen LogP contribution in [0.2, 0.25) is 0 Å². The van der Waals surface area contributed by atoms with Gasteiger partial charge in [0.05, 0.1) is 16.7 Å². The van der Waals surface area contributed by atoms with Gasteiger partial charge in [-0.05, 0) is 51.2 Å². The summed E-state index contributed by atoms with van der Waals surface area (Å²) in [5.74, 6) is 0.879. The number of nitrogens with zero attached hydrogens (tertiary/aromatic N) is 3. The first-order chi connectivity index (χ1) is 12.7. The molecule has 7 heteroatoms. The van der Waals surface area contributed by atoms with E-state index in [2.05, 4.69) is 56.9 Å². The Bertz CT molecular complexity index is 702. The van der Waals surface area contributed by atoms with Crippen molar-refractivity contribution < 1.29 is 0 Å². The van der Waals surface area contributed by atoms with Gasteiger partial charge in [-0.3, -0.25) is 9.89 Å². The lowest BCUT2D eigenvalue weighted by molar-refractivity contribution is 0.249. The summed E-state index contributed by atoms with van der Waals surface area (Å²) >= 11 is 3.64. The second kappa shape index (κ2) is 9.48. The number of rotatable bonds is 7. The Morgan fingerprint density at radius 3 is 2.73 bits per heavy atom. The first-order valence-corrected chi connectivity index (χ1v) is 11.0. The predicted octanol–water partition coefficient (Wildman–Crippen LogP) is 3.37. The van der Waals surface area contributed by atoms with E-state index in [1.165, 1.54) is 35.7 Å². The second-order valence-corrected chi connectivity index (χ2v) is 8.91. The van der Waals surface area contributed by atoms with Gasteiger partial charge in [-0.15, -0.1) is 22.7 Å². The van der Waals surface area contributed by atoms with Gasteiger partial charge in [-0.2, -0.15) is 0 Å². The van der Waals surface area contributed by atoms with E-state index in [0.717, 1.165) is 36.2 Å². The number of nitrogens with one attached hydrogen (secondary N) is 2. The average molecular weight is 392 g/mol. The number of aryl methyl sites for hydroxylation is 2. The Morgan fingerprint density at radius 1 is 1.31 bits per heavy atom. The van der Waals surface area contributed by atoms with Crippen LogP contribution in [0.25, 0.3) is 0 Å². The van der Waals surface area contributed by atoms with Crippen LogP contribution in [0.5, 0.6) is 0 Å². The van der Waals surface area contributed by atoms with Crippen LogP contribution >= 0.6 is 22.7 Å². The molecule has 2 aromatic heterocycles. The van der Waals surface area contributed by atoms with Crippen molar-refractivity contribution in [3.8, 4) is 0 Å². The fourth-order valence-electron chi connectivity index (χ4n) is 3.46. The average Bonchev–Trinajstić information content (AvgIpc) is 3.37. The molecule has 1 fully saturated rings. The van der Waals surface area contributed by atoms with Crippen LogP contribution < -0.4 is 10.6 Å². The third-order valence-corrected chi connectivity index (χ3v) is 6.89. The molecule has 0 aromatic carbocycles. The van der Waals surface area contributed by atoms with E-state index in [0.29, 0.717) is 6.04 Å². The largest absolute Gasteiger partial charge is 0.356 e. The predicted molar refractivity (Wildman–Crippen MR) is 113 cm³/mol. The van der Waals surface area contributed by atoms with Gasteiger partial charge in [-0.25, -0.2) is 4.98 Å². The van der Waals surface area contributed by atoms with E-state index < -0.39 is 0 Å². The number of aromatic nitrogens is 1. The molecule has 2 aromatic rings. The first-order valence-electron chi connectivity index (χ1n) is 9.32. The minimum Gasteiger partial charge on any atom is -0.356 e. The number of hydrogen-bond donors (Lipinski definition) is 2. The molecule has 1 aliphatic rings. The summed E-state index contributed by atoms with van der Waals surface area (Å²) in [5, 5.41) is 10.3. The maximum atomic E-state index is 4.50. The van der Waals surface area contributed by atoms with Gasteiger partial charge in [0.1, 0.15) is 0 Å². The maximum absolute atomic E-state index is 4.50. The zero-order valence-corrected chi connectivity index (χ0v) is 17.6. The summed E-state index contributed by atoms with van der Waals surface area (Å²) in [6, 6.07) is 4.83. The van der Waals surface area contributed by atoms with Gasteiger partial charge in [0, 0.05) is 36.3 Å². The van der Waals surface area contributed by atoms with E-state index in [4.69, 9.17) is 0 Å². The molecule has 0 spiro atoms. The van der Waals surface area contributed by atoms with Crippen molar-refractivity contribution in [1.29, 1.82) is 0 Å². The quantitative estimate of drug-likeness (QED) is 0.561. The van der Waals surface area contributed by atoms with Gasteiger partial charge < -0.3 is 10.6 Å². The normalized spacial score (nSPS) is 16.8. The van der Waals surface area contributed by atoms with Crippen LogP contribution in [-0.2, 0) is 6.42 Å². The van der Waals surface area contributed by atoms with Gasteiger partial charge in [0.25, 0.3) is 0 Å². The van der Waals surface area contributed by atoms with Crippen molar-refractivity contribution in [2.45, 2.75) is 39.2 Å². The van der Waals surface area contributed by atoms with Gasteiger partial charge >= 0.3 is 0 Å². The molecule has 0 radical (unpaired) electrons. The molecule has 1 atom stereocenters. The lowest BCUT2D eigenvalue weighted by atomic mass is 10.2. The highest BCUT2D eigenvalue weighted by atomic mass is 32.1. The Hall–Kier alpha value is -1.44. The lowest BCUT2D eigenvalue weighted by Gasteiger charge is -2.27. The van der Waals surface area contributed by atoms with Crippen LogP contribution in [0.1, 0.15) is 39.3 Å². The molecular weight excluding hydrogens is 362 g/mol. The highest BCUT2D eigenvalue weighted by Crippen LogP contribution is 2.27. The van der Waals surface area contributed by atoms with E-state index in [1.807, 2.05) is 18.4 Å². The molecule has 0 amide bonds. The second-order valence-electron chi connectivity index (χ2n) is 6.65. The molecule has 142 valence electrons. The summed E-state index contributed by atoms with van der Waals surface area (Å²) in [7, 11) is 1.84. The third kappa shape index (κ3) is 5.05. The molecule has 2 N–H and O–H groups in total. The number of thiazole rings is 1. The van der Waals surface area contributed by atoms with Crippen LogP contribution in [-0.4, -0.2) is 49.1 Å². The Labute approximate surface area is 164 Å². The number of thiophene rings is 1. The third-order valence-electron chi connectivity index (χ3n) is 4.78. The zero-order chi connectivity index (χ0) is 18.4. The molecule has 0 aliphatic carbocycles. The van der Waals surface area contributed by atoms with Crippen LogP contribution in [0.4, 0.5) is 0 Å². The van der Waals surface area contributed by atoms with Crippen molar-refractivity contribution in [2.75, 3.05) is 33.2 Å². The summed E-state index contributed by atoms with van der Waals surface area (Å²) < 4.78 is 0. The number of hydrogen-bond acceptors (Lipinski definition) is 5. The molecule has 0 saturated carbocycles. The molecule has 3 rings (SSSR count). The minimum atomic E-state index is 0.433. The molecule has 3 heterocycles. The highest BCUT2D eigenvalue weighted by Gasteiger charge is 2.24. The zero-order valence-electron chi connectivity index (χ0n) is 15.9. The monoisotopic (exact) mass is 391 g/mol. The van der Waals surface area contributed by atoms with Gasteiger partial charge in [-0.1, -0.05) is 6.07 Å². The Balaban J connectivity index is 1.51. The van der Waals surface area contributed by atoms with Crippen molar-refractivity contribution in [2.24, 2.45) is 4.99 Å². The van der Waals surface area contributed by atoms with Crippen molar-refractivity contribution in [1.82, 2.24) is 20.5 Å². The van der Waals surface area contributed by atoms with E-state index in [9.17, 15) is 0 Å². The maximum Gasteiger partial charge on any atom is 0.191 e. The number of aliphatic imine (C=N–C) groups is 1. The smallest absolute Gasteiger partial charge is 0.191 e. The number of guanidine groups is 1. The molecule has 1 aliphatic heterocycles. The molecule has 1 unspecified atom stereocenters. The van der Waals surface area contributed by atoms with Crippen molar-refractivity contribution >= 4 is 28.6 Å². The summed E-state index contributed by atoms with van der Waals surface area (Å²) in [6.45, 7) is 8.31. The summed E-state index contributed by atoms with van der Waals surface area (Å²) in [6.07, 6.45) is 3.60. The minimum absolute atomic E-state index is 0.433. The van der Waals surface area contributed by atoms with Crippen molar-refractivity contribution in [3.05, 3.63) is 38.0 Å². The summed E-state index contributed by atoms with van der Waals surface area (Å²) in [4.78, 5) is 14.3. The van der Waals surface area contributed by atoms with E-state index in [-0.39, 0.29) is 0 Å². The summed E-state index contributed by atoms with van der Waals surface area (Å²) in [5.41, 5.74) is 1.16. The van der Waals surface area contributed by atoms with Crippen LogP contribution in [0, 0.1) is 13.8 Å². The van der Waals surface area contributed by atoms with Crippen LogP contribution in [0.3, 0.4) is 0 Å². The highest BCUT2D eigenvalue weighted by molar-refractivity contribution is 7.11. The lowest BCUT2D eigenvalue weighted by Crippen LogP contribution is -2.43. The standard InChI is InChI=1S/C19H29N5S2/c1-14-17(26-15(2)23-14)8-9-21-19(20-3)22-13-16(18-7-6-12-25-18)24-10-4-5-11-24/h6-7,12,16H,4-5,8-11,13H2,1-3H3,(H2,20,21,22). The molecular formula is C19H29N5S2. The Morgan fingerprint density at radius 2 is 2.12 bits per heavy atom. The molecule has 1 saturated heterocycles. The van der Waals surface area contributed by atoms with Crippen molar-refractivity contribution in [3.63, 3.8) is 0 Å². The molecule has 0 bridgehead atoms. The topological polar surface area (TPSA) is 52.6 Å². The molecule has 5 nitrogen and oxygen atoms in total. The van der Waals surface area contributed by atoms with Gasteiger partial charge in [0.15, 0.2) is 5.96 Å². The van der Waals surface area contributed by atoms with E-state index >= 15 is 0 Å². The number of likely N-dealkylation sites (tertiary alicyclic amines) is 1.